The van der Waals surface area contributed by atoms with E-state index >= 15 is 0 Å². The second-order valence-corrected chi connectivity index (χ2v) is 3.88. The third-order valence-electron chi connectivity index (χ3n) is 2.34. The summed E-state index contributed by atoms with van der Waals surface area (Å²) in [4.78, 5) is 0. The maximum absolute atomic E-state index is 4.05. The molecule has 0 spiro atoms. The number of rotatable bonds is 3. The summed E-state index contributed by atoms with van der Waals surface area (Å²) in [6, 6.07) is 0. The molecule has 0 aromatic heterocycles. The highest BCUT2D eigenvalue weighted by atomic mass is 14.1. The highest BCUT2D eigenvalue weighted by Crippen LogP contribution is 2.26. The van der Waals surface area contributed by atoms with Crippen LogP contribution in [0.2, 0.25) is 0 Å². The van der Waals surface area contributed by atoms with Gasteiger partial charge in [-0.25, -0.2) is 0 Å². The average Bonchev–Trinajstić information content (AvgIpc) is 2.12. The molecule has 0 amide bonds. The van der Waals surface area contributed by atoms with Crippen molar-refractivity contribution in [3.63, 3.8) is 0 Å². The highest BCUT2D eigenvalue weighted by Gasteiger charge is 2.10. The van der Waals surface area contributed by atoms with Crippen LogP contribution in [0.1, 0.15) is 20.3 Å². The van der Waals surface area contributed by atoms with E-state index in [0.29, 0.717) is 5.92 Å². The molecular weight excluding hydrogens is 168 g/mol. The molecule has 0 N–H and O–H groups in total. The van der Waals surface area contributed by atoms with Gasteiger partial charge < -0.3 is 0 Å². The van der Waals surface area contributed by atoms with Crippen molar-refractivity contribution >= 4 is 0 Å². The van der Waals surface area contributed by atoms with Gasteiger partial charge in [0, 0.05) is 0 Å². The second kappa shape index (κ2) is 4.80. The van der Waals surface area contributed by atoms with Gasteiger partial charge in [-0.05, 0) is 30.4 Å². The van der Waals surface area contributed by atoms with E-state index in [1.54, 1.807) is 6.08 Å². The van der Waals surface area contributed by atoms with Crippen LogP contribution < -0.4 is 0 Å². The highest BCUT2D eigenvalue weighted by molar-refractivity contribution is 5.44. The van der Waals surface area contributed by atoms with Crippen molar-refractivity contribution in [1.29, 1.82) is 0 Å². The number of allylic oxidation sites excluding steroid dienone is 8. The minimum Gasteiger partial charge on any atom is -0.0991 e. The fraction of sp³-hybridized carbons (Fsp3) is 0.286. The molecule has 0 saturated heterocycles. The Morgan fingerprint density at radius 2 is 2.29 bits per heavy atom. The fourth-order valence-electron chi connectivity index (χ4n) is 1.75. The molecule has 0 aromatic carbocycles. The van der Waals surface area contributed by atoms with E-state index in [1.807, 2.05) is 12.2 Å². The Bertz CT molecular complexity index is 324. The standard InChI is InChI=1S/C14H18/c1-5-6-7-13(4)14-9-11(2)8-12(3)10-14/h5-9,12H,1,4,10H2,2-3H3/b7-6-. The van der Waals surface area contributed by atoms with Crippen molar-refractivity contribution in [2.45, 2.75) is 20.3 Å². The zero-order valence-electron chi connectivity index (χ0n) is 9.09. The first-order valence-electron chi connectivity index (χ1n) is 5.01. The molecule has 0 bridgehead atoms. The molecule has 0 aliphatic heterocycles. The second-order valence-electron chi connectivity index (χ2n) is 3.88. The Balaban J connectivity index is 2.79. The van der Waals surface area contributed by atoms with Crippen molar-refractivity contribution in [3.05, 3.63) is 60.3 Å². The van der Waals surface area contributed by atoms with Gasteiger partial charge in [-0.15, -0.1) is 0 Å². The van der Waals surface area contributed by atoms with Crippen LogP contribution in [0.5, 0.6) is 0 Å². The Labute approximate surface area is 87.0 Å². The van der Waals surface area contributed by atoms with Crippen molar-refractivity contribution in [2.24, 2.45) is 5.92 Å². The van der Waals surface area contributed by atoms with Gasteiger partial charge in [0.25, 0.3) is 0 Å². The van der Waals surface area contributed by atoms with E-state index in [9.17, 15) is 0 Å². The van der Waals surface area contributed by atoms with Gasteiger partial charge >= 0.3 is 0 Å². The van der Waals surface area contributed by atoms with Gasteiger partial charge in [-0.3, -0.25) is 0 Å². The number of hydrogen-bond acceptors (Lipinski definition) is 0. The number of hydrogen-bond donors (Lipinski definition) is 0. The van der Waals surface area contributed by atoms with Crippen LogP contribution in [0, 0.1) is 5.92 Å². The van der Waals surface area contributed by atoms with Crippen LogP contribution in [0.25, 0.3) is 0 Å². The quantitative estimate of drug-likeness (QED) is 0.579. The lowest BCUT2D eigenvalue weighted by atomic mass is 9.88. The van der Waals surface area contributed by atoms with Gasteiger partial charge in [-0.2, -0.15) is 0 Å². The van der Waals surface area contributed by atoms with Crippen molar-refractivity contribution in [1.82, 2.24) is 0 Å². The predicted octanol–water partition coefficient (Wildman–Crippen LogP) is 4.20. The average molecular weight is 186 g/mol. The molecule has 1 aliphatic carbocycles. The van der Waals surface area contributed by atoms with Crippen LogP contribution in [-0.2, 0) is 0 Å². The SMILES string of the molecule is C=C/C=C\C(=C)C1=CC(C)=CC(C)C1. The van der Waals surface area contributed by atoms with Gasteiger partial charge in [0.05, 0.1) is 0 Å². The lowest BCUT2D eigenvalue weighted by molar-refractivity contribution is 0.707. The Morgan fingerprint density at radius 3 is 2.86 bits per heavy atom. The van der Waals surface area contributed by atoms with E-state index in [2.05, 4.69) is 39.2 Å². The molecule has 0 heterocycles. The molecule has 0 saturated carbocycles. The van der Waals surface area contributed by atoms with Crippen molar-refractivity contribution in [3.8, 4) is 0 Å². The predicted molar refractivity (Wildman–Crippen MR) is 64.1 cm³/mol. The molecule has 0 aromatic rings. The summed E-state index contributed by atoms with van der Waals surface area (Å²) >= 11 is 0. The maximum atomic E-state index is 4.05. The molecule has 1 rings (SSSR count). The first kappa shape index (κ1) is 10.8. The van der Waals surface area contributed by atoms with Crippen molar-refractivity contribution < 1.29 is 0 Å². The summed E-state index contributed by atoms with van der Waals surface area (Å²) in [6.45, 7) is 12.1. The third kappa shape index (κ3) is 2.88. The van der Waals surface area contributed by atoms with E-state index < -0.39 is 0 Å². The third-order valence-corrected chi connectivity index (χ3v) is 2.34. The Kier molecular flexibility index (Phi) is 3.70. The van der Waals surface area contributed by atoms with Crippen molar-refractivity contribution in [2.75, 3.05) is 0 Å². The lowest BCUT2D eigenvalue weighted by Gasteiger charge is -2.17. The molecular formula is C14H18. The van der Waals surface area contributed by atoms with Crippen LogP contribution in [0.4, 0.5) is 0 Å². The normalized spacial score (nSPS) is 21.7. The molecule has 0 radical (unpaired) electrons. The van der Waals surface area contributed by atoms with Gasteiger partial charge in [0.2, 0.25) is 0 Å². The molecule has 1 unspecified atom stereocenters. The molecule has 0 fully saturated rings. The first-order valence-corrected chi connectivity index (χ1v) is 5.01. The molecule has 0 heteroatoms. The lowest BCUT2D eigenvalue weighted by Crippen LogP contribution is -2.01. The van der Waals surface area contributed by atoms with Crippen LogP contribution in [-0.4, -0.2) is 0 Å². The zero-order chi connectivity index (χ0) is 10.6. The molecule has 1 atom stereocenters. The smallest absolute Gasteiger partial charge is 0.0212 e. The van der Waals surface area contributed by atoms with Crippen LogP contribution >= 0.6 is 0 Å². The summed E-state index contributed by atoms with van der Waals surface area (Å²) in [7, 11) is 0. The van der Waals surface area contributed by atoms with E-state index in [4.69, 9.17) is 0 Å². The summed E-state index contributed by atoms with van der Waals surface area (Å²) in [5, 5.41) is 0. The van der Waals surface area contributed by atoms with E-state index in [1.165, 1.54) is 11.1 Å². The largest absolute Gasteiger partial charge is 0.0991 e. The minimum absolute atomic E-state index is 0.629. The summed E-state index contributed by atoms with van der Waals surface area (Å²) in [6.07, 6.45) is 11.3. The Morgan fingerprint density at radius 1 is 1.57 bits per heavy atom. The van der Waals surface area contributed by atoms with Gasteiger partial charge in [0.1, 0.15) is 0 Å². The van der Waals surface area contributed by atoms with Crippen LogP contribution in [0.15, 0.2) is 60.3 Å². The fourth-order valence-corrected chi connectivity index (χ4v) is 1.75. The van der Waals surface area contributed by atoms with E-state index in [-0.39, 0.29) is 0 Å². The van der Waals surface area contributed by atoms with E-state index in [0.717, 1.165) is 12.0 Å². The topological polar surface area (TPSA) is 0 Å². The molecule has 14 heavy (non-hydrogen) atoms. The molecule has 74 valence electrons. The zero-order valence-corrected chi connectivity index (χ0v) is 9.09. The summed E-state index contributed by atoms with van der Waals surface area (Å²) < 4.78 is 0. The minimum atomic E-state index is 0.629. The maximum Gasteiger partial charge on any atom is -0.0212 e. The van der Waals surface area contributed by atoms with Gasteiger partial charge in [-0.1, -0.05) is 56.0 Å². The molecule has 0 nitrogen and oxygen atoms in total. The summed E-state index contributed by atoms with van der Waals surface area (Å²) in [5.41, 5.74) is 3.78. The van der Waals surface area contributed by atoms with Crippen LogP contribution in [0.3, 0.4) is 0 Å². The monoisotopic (exact) mass is 186 g/mol. The van der Waals surface area contributed by atoms with Gasteiger partial charge in [0.15, 0.2) is 0 Å². The Hall–Kier alpha value is -1.30. The first-order chi connectivity index (χ1) is 6.63. The molecule has 1 aliphatic rings. The summed E-state index contributed by atoms with van der Waals surface area (Å²) in [5.74, 6) is 0.629.